The minimum Gasteiger partial charge on any atom is -0.494 e. The first kappa shape index (κ1) is 19.9. The number of carbonyl (C=O) groups is 1. The van der Waals surface area contributed by atoms with Crippen molar-refractivity contribution in [2.75, 3.05) is 18.2 Å². The first-order valence-corrected chi connectivity index (χ1v) is 10.8. The molecule has 0 spiro atoms. The van der Waals surface area contributed by atoms with E-state index in [0.717, 1.165) is 35.5 Å². The van der Waals surface area contributed by atoms with E-state index in [1.807, 2.05) is 97.3 Å². The fourth-order valence-electron chi connectivity index (χ4n) is 3.84. The molecule has 0 radical (unpaired) electrons. The van der Waals surface area contributed by atoms with Gasteiger partial charge in [-0.1, -0.05) is 36.4 Å². The van der Waals surface area contributed by atoms with Crippen LogP contribution in [0.4, 0.5) is 5.69 Å². The van der Waals surface area contributed by atoms with Gasteiger partial charge in [-0.15, -0.1) is 0 Å². The molecule has 3 aromatic carbocycles. The summed E-state index contributed by atoms with van der Waals surface area (Å²) >= 11 is 0. The molecular formula is C27H24N2O3. The SMILES string of the molecule is O=C1c2ccc(-c3ccccc3)cc2OCN1c1ccc(OCCCn2cccc2)cc1. The molecule has 160 valence electrons. The second-order valence-electron chi connectivity index (χ2n) is 7.70. The van der Waals surface area contributed by atoms with Crippen molar-refractivity contribution in [1.29, 1.82) is 0 Å². The average Bonchev–Trinajstić information content (AvgIpc) is 3.37. The van der Waals surface area contributed by atoms with Crippen LogP contribution in [0.15, 0.2) is 97.3 Å². The number of carbonyl (C=O) groups excluding carboxylic acids is 1. The monoisotopic (exact) mass is 424 g/mol. The summed E-state index contributed by atoms with van der Waals surface area (Å²) in [4.78, 5) is 14.7. The summed E-state index contributed by atoms with van der Waals surface area (Å²) in [6.07, 6.45) is 5.02. The van der Waals surface area contributed by atoms with Gasteiger partial charge in [0.1, 0.15) is 11.5 Å². The lowest BCUT2D eigenvalue weighted by atomic mass is 10.0. The molecule has 0 N–H and O–H groups in total. The topological polar surface area (TPSA) is 43.7 Å². The highest BCUT2D eigenvalue weighted by Gasteiger charge is 2.27. The van der Waals surface area contributed by atoms with Crippen molar-refractivity contribution < 1.29 is 14.3 Å². The van der Waals surface area contributed by atoms with Gasteiger partial charge >= 0.3 is 0 Å². The normalized spacial score (nSPS) is 12.9. The van der Waals surface area contributed by atoms with E-state index in [0.29, 0.717) is 17.9 Å². The van der Waals surface area contributed by atoms with Crippen LogP contribution in [-0.2, 0) is 6.54 Å². The smallest absolute Gasteiger partial charge is 0.264 e. The Morgan fingerprint density at radius 3 is 2.41 bits per heavy atom. The number of rotatable bonds is 7. The van der Waals surface area contributed by atoms with Crippen LogP contribution in [0.1, 0.15) is 16.8 Å². The van der Waals surface area contributed by atoms with Crippen molar-refractivity contribution in [3.63, 3.8) is 0 Å². The molecule has 1 amide bonds. The number of aromatic nitrogens is 1. The average molecular weight is 425 g/mol. The molecule has 0 bridgehead atoms. The Morgan fingerprint density at radius 1 is 0.844 bits per heavy atom. The molecule has 5 nitrogen and oxygen atoms in total. The highest BCUT2D eigenvalue weighted by atomic mass is 16.5. The molecule has 0 saturated carbocycles. The summed E-state index contributed by atoms with van der Waals surface area (Å²) in [7, 11) is 0. The van der Waals surface area contributed by atoms with Crippen LogP contribution in [-0.4, -0.2) is 23.8 Å². The lowest BCUT2D eigenvalue weighted by Crippen LogP contribution is -2.38. The number of benzene rings is 3. The van der Waals surface area contributed by atoms with Gasteiger partial charge in [0, 0.05) is 24.6 Å². The predicted molar refractivity (Wildman–Crippen MR) is 125 cm³/mol. The van der Waals surface area contributed by atoms with Crippen LogP contribution in [0.2, 0.25) is 0 Å². The number of anilines is 1. The third kappa shape index (κ3) is 4.23. The Hall–Kier alpha value is -3.99. The minimum absolute atomic E-state index is 0.0637. The fraction of sp³-hybridized carbons (Fsp3) is 0.148. The van der Waals surface area contributed by atoms with E-state index in [1.54, 1.807) is 4.90 Å². The van der Waals surface area contributed by atoms with E-state index in [4.69, 9.17) is 9.47 Å². The minimum atomic E-state index is -0.0637. The van der Waals surface area contributed by atoms with Gasteiger partial charge in [0.05, 0.1) is 12.2 Å². The van der Waals surface area contributed by atoms with Crippen molar-refractivity contribution in [3.8, 4) is 22.6 Å². The zero-order valence-corrected chi connectivity index (χ0v) is 17.7. The molecule has 5 rings (SSSR count). The lowest BCUT2D eigenvalue weighted by molar-refractivity contribution is 0.0937. The quantitative estimate of drug-likeness (QED) is 0.362. The van der Waals surface area contributed by atoms with Crippen molar-refractivity contribution >= 4 is 11.6 Å². The summed E-state index contributed by atoms with van der Waals surface area (Å²) in [5, 5.41) is 0. The van der Waals surface area contributed by atoms with Crippen LogP contribution in [0.25, 0.3) is 11.1 Å². The lowest BCUT2D eigenvalue weighted by Gasteiger charge is -2.29. The fourth-order valence-corrected chi connectivity index (χ4v) is 3.84. The molecule has 0 atom stereocenters. The number of amides is 1. The van der Waals surface area contributed by atoms with Gasteiger partial charge in [0.15, 0.2) is 6.73 Å². The molecule has 0 saturated heterocycles. The second kappa shape index (κ2) is 9.02. The zero-order chi connectivity index (χ0) is 21.8. The van der Waals surface area contributed by atoms with E-state index < -0.39 is 0 Å². The maximum absolute atomic E-state index is 13.1. The molecule has 4 aromatic rings. The molecule has 1 aliphatic rings. The molecular weight excluding hydrogens is 400 g/mol. The van der Waals surface area contributed by atoms with Crippen molar-refractivity contribution in [1.82, 2.24) is 4.57 Å². The summed E-state index contributed by atoms with van der Waals surface area (Å²) in [6.45, 7) is 1.75. The predicted octanol–water partition coefficient (Wildman–Crippen LogP) is 5.62. The second-order valence-corrected chi connectivity index (χ2v) is 7.70. The maximum atomic E-state index is 13.1. The summed E-state index contributed by atoms with van der Waals surface area (Å²) < 4.78 is 13.9. The van der Waals surface area contributed by atoms with E-state index in [9.17, 15) is 4.79 Å². The van der Waals surface area contributed by atoms with Gasteiger partial charge < -0.3 is 14.0 Å². The van der Waals surface area contributed by atoms with Crippen LogP contribution in [0.3, 0.4) is 0 Å². The molecule has 32 heavy (non-hydrogen) atoms. The van der Waals surface area contributed by atoms with Gasteiger partial charge in [0.25, 0.3) is 5.91 Å². The van der Waals surface area contributed by atoms with E-state index in [-0.39, 0.29) is 12.6 Å². The van der Waals surface area contributed by atoms with Crippen molar-refractivity contribution in [2.24, 2.45) is 0 Å². The Balaban J connectivity index is 1.23. The maximum Gasteiger partial charge on any atom is 0.264 e. The molecule has 1 aromatic heterocycles. The first-order valence-electron chi connectivity index (χ1n) is 10.8. The molecule has 1 aliphatic heterocycles. The number of hydrogen-bond donors (Lipinski definition) is 0. The van der Waals surface area contributed by atoms with E-state index in [2.05, 4.69) is 4.57 Å². The number of hydrogen-bond acceptors (Lipinski definition) is 3. The summed E-state index contributed by atoms with van der Waals surface area (Å²) in [5.74, 6) is 1.35. The highest BCUT2D eigenvalue weighted by molar-refractivity contribution is 6.09. The third-order valence-corrected chi connectivity index (χ3v) is 5.56. The van der Waals surface area contributed by atoms with Gasteiger partial charge in [-0.3, -0.25) is 9.69 Å². The first-order chi connectivity index (χ1) is 15.8. The summed E-state index contributed by atoms with van der Waals surface area (Å²) in [5.41, 5.74) is 3.48. The molecule has 5 heteroatoms. The number of aryl methyl sites for hydroxylation is 1. The molecule has 0 unspecified atom stereocenters. The van der Waals surface area contributed by atoms with Crippen molar-refractivity contribution in [2.45, 2.75) is 13.0 Å². The van der Waals surface area contributed by atoms with Gasteiger partial charge in [-0.2, -0.15) is 0 Å². The van der Waals surface area contributed by atoms with E-state index in [1.165, 1.54) is 0 Å². The Labute approximate surface area is 187 Å². The Kier molecular flexibility index (Phi) is 5.62. The van der Waals surface area contributed by atoms with Crippen LogP contribution >= 0.6 is 0 Å². The van der Waals surface area contributed by atoms with Gasteiger partial charge in [-0.25, -0.2) is 0 Å². The Bertz CT molecular complexity index is 1190. The molecule has 0 fully saturated rings. The van der Waals surface area contributed by atoms with E-state index >= 15 is 0 Å². The Morgan fingerprint density at radius 2 is 1.62 bits per heavy atom. The van der Waals surface area contributed by atoms with Crippen LogP contribution in [0, 0.1) is 0 Å². The molecule has 0 aliphatic carbocycles. The number of ether oxygens (including phenoxy) is 2. The van der Waals surface area contributed by atoms with Gasteiger partial charge in [-0.05, 0) is 66.1 Å². The van der Waals surface area contributed by atoms with Gasteiger partial charge in [0.2, 0.25) is 0 Å². The standard InChI is InChI=1S/C27H24N2O3/c30-27-25-14-9-22(21-7-2-1-3-8-21)19-26(25)32-20-29(27)23-10-12-24(13-11-23)31-18-6-17-28-15-4-5-16-28/h1-5,7-16,19H,6,17-18,20H2. The van der Waals surface area contributed by atoms with Crippen molar-refractivity contribution in [3.05, 3.63) is 103 Å². The molecule has 2 heterocycles. The van der Waals surface area contributed by atoms with Crippen LogP contribution < -0.4 is 14.4 Å². The zero-order valence-electron chi connectivity index (χ0n) is 17.7. The third-order valence-electron chi connectivity index (χ3n) is 5.56. The summed E-state index contributed by atoms with van der Waals surface area (Å²) in [6, 6.07) is 27.4. The number of fused-ring (bicyclic) bond motifs is 1. The highest BCUT2D eigenvalue weighted by Crippen LogP contribution is 2.33. The largest absolute Gasteiger partial charge is 0.494 e. The number of nitrogens with zero attached hydrogens (tertiary/aromatic N) is 2. The van der Waals surface area contributed by atoms with Crippen LogP contribution in [0.5, 0.6) is 11.5 Å².